The molecule has 150 valence electrons. The highest BCUT2D eigenvalue weighted by Gasteiger charge is 2.27. The second-order valence-corrected chi connectivity index (χ2v) is 8.15. The monoisotopic (exact) mass is 388 g/mol. The van der Waals surface area contributed by atoms with Crippen LogP contribution in [0.15, 0.2) is 60.9 Å². The second-order valence-electron chi connectivity index (χ2n) is 8.15. The topological polar surface area (TPSA) is 42.4 Å². The van der Waals surface area contributed by atoms with E-state index in [2.05, 4.69) is 34.1 Å². The molecule has 1 fully saturated rings. The Morgan fingerprint density at radius 2 is 2.07 bits per heavy atom. The number of ketones is 1. The van der Waals surface area contributed by atoms with E-state index < -0.39 is 0 Å². The molecule has 0 N–H and O–H groups in total. The van der Waals surface area contributed by atoms with Crippen molar-refractivity contribution < 1.29 is 9.53 Å². The molecular formula is C25H28N2O2. The lowest BCUT2D eigenvalue weighted by molar-refractivity contribution is 0.0811. The van der Waals surface area contributed by atoms with Crippen molar-refractivity contribution in [2.24, 2.45) is 5.92 Å². The van der Waals surface area contributed by atoms with Crippen LogP contribution in [0.2, 0.25) is 0 Å². The highest BCUT2D eigenvalue weighted by Crippen LogP contribution is 2.26. The van der Waals surface area contributed by atoms with Crippen molar-refractivity contribution in [3.05, 3.63) is 72.1 Å². The van der Waals surface area contributed by atoms with Gasteiger partial charge in [0.15, 0.2) is 5.78 Å². The van der Waals surface area contributed by atoms with Crippen molar-refractivity contribution in [1.82, 2.24) is 9.88 Å². The van der Waals surface area contributed by atoms with E-state index in [0.29, 0.717) is 0 Å². The number of carbonyl (C=O) groups is 1. The van der Waals surface area contributed by atoms with E-state index in [0.717, 1.165) is 49.2 Å². The molecule has 1 atom stereocenters. The van der Waals surface area contributed by atoms with Gasteiger partial charge in [-0.25, -0.2) is 0 Å². The number of fused-ring (bicyclic) bond motifs is 1. The summed E-state index contributed by atoms with van der Waals surface area (Å²) in [6, 6.07) is 16.1. The minimum atomic E-state index is 0.0368. The molecule has 0 aliphatic carbocycles. The fourth-order valence-electron chi connectivity index (χ4n) is 4.21. The zero-order chi connectivity index (χ0) is 20.2. The average Bonchev–Trinajstić information content (AvgIpc) is 2.73. The summed E-state index contributed by atoms with van der Waals surface area (Å²) in [7, 11) is 0. The number of carbonyl (C=O) groups excluding carboxylic acids is 1. The lowest BCUT2D eigenvalue weighted by Crippen LogP contribution is -2.38. The molecule has 1 aromatic heterocycles. The molecule has 4 heteroatoms. The van der Waals surface area contributed by atoms with Crippen molar-refractivity contribution >= 4 is 16.6 Å². The molecule has 0 spiro atoms. The normalized spacial score (nSPS) is 17.6. The minimum absolute atomic E-state index is 0.0368. The maximum atomic E-state index is 13.2. The lowest BCUT2D eigenvalue weighted by Gasteiger charge is -2.32. The third-order valence-corrected chi connectivity index (χ3v) is 5.53. The fraction of sp³-hybridized carbons (Fsp3) is 0.360. The van der Waals surface area contributed by atoms with Gasteiger partial charge in [0.05, 0.1) is 6.10 Å². The van der Waals surface area contributed by atoms with Gasteiger partial charge in [0.1, 0.15) is 5.75 Å². The van der Waals surface area contributed by atoms with E-state index in [1.165, 1.54) is 10.9 Å². The standard InChI is InChI=1S/C25H28N2O2/c1-18(2)29-23-10-4-6-19(14-23)25(28)22-9-5-13-27(17-22)16-21-8-3-7-20-15-26-12-11-24(20)21/h3-4,6-8,10-12,14-15,18,22H,5,9,13,16-17H2,1-2H3. The zero-order valence-electron chi connectivity index (χ0n) is 17.2. The van der Waals surface area contributed by atoms with Crippen LogP contribution in [0.3, 0.4) is 0 Å². The van der Waals surface area contributed by atoms with Crippen molar-refractivity contribution in [2.45, 2.75) is 39.3 Å². The van der Waals surface area contributed by atoms with Crippen LogP contribution < -0.4 is 4.74 Å². The number of aromatic nitrogens is 1. The van der Waals surface area contributed by atoms with Gasteiger partial charge in [0.2, 0.25) is 0 Å². The van der Waals surface area contributed by atoms with Gasteiger partial charge in [0, 0.05) is 42.4 Å². The van der Waals surface area contributed by atoms with Crippen LogP contribution in [0.1, 0.15) is 42.6 Å². The van der Waals surface area contributed by atoms with Gasteiger partial charge in [-0.15, -0.1) is 0 Å². The quantitative estimate of drug-likeness (QED) is 0.550. The van der Waals surface area contributed by atoms with Gasteiger partial charge >= 0.3 is 0 Å². The molecule has 0 saturated carbocycles. The smallest absolute Gasteiger partial charge is 0.167 e. The summed E-state index contributed by atoms with van der Waals surface area (Å²) in [6.07, 6.45) is 5.85. The lowest BCUT2D eigenvalue weighted by atomic mass is 9.89. The van der Waals surface area contributed by atoms with Crippen LogP contribution in [-0.4, -0.2) is 34.9 Å². The van der Waals surface area contributed by atoms with E-state index in [4.69, 9.17) is 4.74 Å². The maximum absolute atomic E-state index is 13.2. The van der Waals surface area contributed by atoms with Crippen molar-refractivity contribution in [2.75, 3.05) is 13.1 Å². The summed E-state index contributed by atoms with van der Waals surface area (Å²) in [5, 5.41) is 2.41. The predicted octanol–water partition coefficient (Wildman–Crippen LogP) is 5.12. The number of rotatable bonds is 6. The van der Waals surface area contributed by atoms with Crippen LogP contribution in [0.5, 0.6) is 5.75 Å². The van der Waals surface area contributed by atoms with Gasteiger partial charge in [-0.2, -0.15) is 0 Å². The predicted molar refractivity (Wildman–Crippen MR) is 116 cm³/mol. The second kappa shape index (κ2) is 8.75. The van der Waals surface area contributed by atoms with Crippen LogP contribution in [0.4, 0.5) is 0 Å². The Balaban J connectivity index is 1.47. The number of benzene rings is 2. The zero-order valence-corrected chi connectivity index (χ0v) is 17.2. The molecule has 0 bridgehead atoms. The van der Waals surface area contributed by atoms with E-state index in [1.54, 1.807) is 0 Å². The summed E-state index contributed by atoms with van der Waals surface area (Å²) in [5.41, 5.74) is 2.05. The molecule has 1 saturated heterocycles. The number of Topliss-reactive ketones (excluding diaryl/α,β-unsaturated/α-hetero) is 1. The third kappa shape index (κ3) is 4.65. The third-order valence-electron chi connectivity index (χ3n) is 5.53. The molecule has 1 unspecified atom stereocenters. The van der Waals surface area contributed by atoms with E-state index >= 15 is 0 Å². The Bertz CT molecular complexity index is 994. The Morgan fingerprint density at radius 1 is 1.21 bits per heavy atom. The minimum Gasteiger partial charge on any atom is -0.491 e. The summed E-state index contributed by atoms with van der Waals surface area (Å²) in [5.74, 6) is 1.03. The summed E-state index contributed by atoms with van der Waals surface area (Å²) in [6.45, 7) is 6.69. The van der Waals surface area contributed by atoms with Gasteiger partial charge in [-0.05, 0) is 62.4 Å². The first-order chi connectivity index (χ1) is 14.1. The first-order valence-corrected chi connectivity index (χ1v) is 10.4. The van der Waals surface area contributed by atoms with Crippen molar-refractivity contribution in [3.8, 4) is 5.75 Å². The molecular weight excluding hydrogens is 360 g/mol. The summed E-state index contributed by atoms with van der Waals surface area (Å²) in [4.78, 5) is 19.8. The molecule has 0 radical (unpaired) electrons. The van der Waals surface area contributed by atoms with Crippen LogP contribution in [0.25, 0.3) is 10.8 Å². The molecule has 2 heterocycles. The molecule has 4 nitrogen and oxygen atoms in total. The van der Waals surface area contributed by atoms with Crippen molar-refractivity contribution in [1.29, 1.82) is 0 Å². The molecule has 3 aromatic rings. The average molecular weight is 389 g/mol. The number of likely N-dealkylation sites (tertiary alicyclic amines) is 1. The fourth-order valence-corrected chi connectivity index (χ4v) is 4.21. The number of hydrogen-bond donors (Lipinski definition) is 0. The van der Waals surface area contributed by atoms with E-state index in [9.17, 15) is 4.79 Å². The van der Waals surface area contributed by atoms with E-state index in [-0.39, 0.29) is 17.8 Å². The largest absolute Gasteiger partial charge is 0.491 e. The summed E-state index contributed by atoms with van der Waals surface area (Å²) < 4.78 is 5.77. The molecule has 4 rings (SSSR count). The highest BCUT2D eigenvalue weighted by molar-refractivity contribution is 5.98. The molecule has 0 amide bonds. The van der Waals surface area contributed by atoms with Gasteiger partial charge in [0.25, 0.3) is 0 Å². The van der Waals surface area contributed by atoms with E-state index in [1.807, 2.05) is 50.5 Å². The number of piperidine rings is 1. The first-order valence-electron chi connectivity index (χ1n) is 10.4. The number of nitrogens with zero attached hydrogens (tertiary/aromatic N) is 2. The molecule has 29 heavy (non-hydrogen) atoms. The summed E-state index contributed by atoms with van der Waals surface area (Å²) >= 11 is 0. The SMILES string of the molecule is CC(C)Oc1cccc(C(=O)C2CCCN(Cc3cccc4cnccc34)C2)c1. The van der Waals surface area contributed by atoms with Crippen molar-refractivity contribution in [3.63, 3.8) is 0 Å². The van der Waals surface area contributed by atoms with Crippen LogP contribution in [-0.2, 0) is 6.54 Å². The maximum Gasteiger partial charge on any atom is 0.167 e. The van der Waals surface area contributed by atoms with Gasteiger partial charge < -0.3 is 4.74 Å². The van der Waals surface area contributed by atoms with Crippen LogP contribution in [0, 0.1) is 5.92 Å². The Hall–Kier alpha value is -2.72. The molecule has 1 aliphatic rings. The number of hydrogen-bond acceptors (Lipinski definition) is 4. The van der Waals surface area contributed by atoms with Gasteiger partial charge in [-0.1, -0.05) is 30.3 Å². The Morgan fingerprint density at radius 3 is 2.93 bits per heavy atom. The first kappa shape index (κ1) is 19.6. The molecule has 1 aliphatic heterocycles. The number of ether oxygens (including phenoxy) is 1. The Labute approximate surface area is 172 Å². The molecule has 2 aromatic carbocycles. The highest BCUT2D eigenvalue weighted by atomic mass is 16.5. The van der Waals surface area contributed by atoms with Gasteiger partial charge in [-0.3, -0.25) is 14.7 Å². The number of pyridine rings is 1. The Kier molecular flexibility index (Phi) is 5.91. The van der Waals surface area contributed by atoms with Crippen LogP contribution >= 0.6 is 0 Å².